The van der Waals surface area contributed by atoms with Gasteiger partial charge < -0.3 is 0 Å². The average Bonchev–Trinajstić information content (AvgIpc) is 3.06. The van der Waals surface area contributed by atoms with Crippen LogP contribution in [0.15, 0.2) is 48.5 Å². The van der Waals surface area contributed by atoms with Gasteiger partial charge in [0.05, 0.1) is 5.69 Å². The Balaban J connectivity index is 0.000000730. The van der Waals surface area contributed by atoms with Crippen LogP contribution in [0, 0.1) is 11.7 Å². The Morgan fingerprint density at radius 1 is 1.00 bits per heavy atom. The van der Waals surface area contributed by atoms with E-state index in [9.17, 15) is 0 Å². The highest BCUT2D eigenvalue weighted by molar-refractivity contribution is 7.71. The van der Waals surface area contributed by atoms with Crippen LogP contribution in [0.3, 0.4) is 0 Å². The number of rotatable bonds is 3. The summed E-state index contributed by atoms with van der Waals surface area (Å²) in [6.45, 7) is 12.2. The van der Waals surface area contributed by atoms with Gasteiger partial charge >= 0.3 is 0 Å². The molecule has 0 saturated heterocycles. The van der Waals surface area contributed by atoms with Crippen LogP contribution in [0.2, 0.25) is 0 Å². The fraction of sp³-hybridized carbons (Fsp3) is 0.333. The van der Waals surface area contributed by atoms with Crippen LogP contribution in [-0.2, 0) is 6.42 Å². The molecule has 0 atom stereocenters. The van der Waals surface area contributed by atoms with Gasteiger partial charge in [0.25, 0.3) is 0 Å². The predicted molar refractivity (Wildman–Crippen MR) is 111 cm³/mol. The van der Waals surface area contributed by atoms with Crippen molar-refractivity contribution in [2.24, 2.45) is 0 Å². The number of benzene rings is 2. The number of hydrogen-bond acceptors (Lipinski definition) is 2. The third kappa shape index (κ3) is 5.13. The Kier molecular flexibility index (Phi) is 8.86. The minimum Gasteiger partial charge on any atom is -0.268 e. The lowest BCUT2D eigenvalue weighted by Crippen LogP contribution is -1.98. The quantitative estimate of drug-likeness (QED) is 0.543. The topological polar surface area (TPSA) is 33.6 Å². The summed E-state index contributed by atoms with van der Waals surface area (Å²) in [5.41, 5.74) is 4.59. The molecule has 0 fully saturated rings. The maximum atomic E-state index is 5.40. The zero-order chi connectivity index (χ0) is 18.8. The first kappa shape index (κ1) is 20.8. The minimum atomic E-state index is 0.609. The minimum absolute atomic E-state index is 0.609. The first-order chi connectivity index (χ1) is 12.2. The molecule has 3 aromatic rings. The smallest absolute Gasteiger partial charge is 0.200 e. The van der Waals surface area contributed by atoms with Crippen LogP contribution in [-0.4, -0.2) is 14.8 Å². The molecule has 134 valence electrons. The molecule has 4 heteroatoms. The van der Waals surface area contributed by atoms with Crippen molar-refractivity contribution in [2.45, 2.75) is 48.0 Å². The molecule has 0 aliphatic rings. The van der Waals surface area contributed by atoms with Gasteiger partial charge in [-0.2, -0.15) is 5.10 Å². The largest absolute Gasteiger partial charge is 0.268 e. The lowest BCUT2D eigenvalue weighted by atomic mass is 10.1. The molecule has 0 aliphatic heterocycles. The van der Waals surface area contributed by atoms with Gasteiger partial charge in [0.15, 0.2) is 10.6 Å². The molecule has 3 nitrogen and oxygen atoms in total. The second-order valence-corrected chi connectivity index (χ2v) is 5.47. The molecule has 0 unspecified atom stereocenters. The highest BCUT2D eigenvalue weighted by Gasteiger charge is 2.11. The van der Waals surface area contributed by atoms with Gasteiger partial charge in [-0.3, -0.25) is 9.67 Å². The van der Waals surface area contributed by atoms with Crippen molar-refractivity contribution in [1.82, 2.24) is 14.8 Å². The van der Waals surface area contributed by atoms with Crippen LogP contribution in [0.25, 0.3) is 17.1 Å². The van der Waals surface area contributed by atoms with E-state index in [1.54, 1.807) is 0 Å². The Morgan fingerprint density at radius 3 is 2.32 bits per heavy atom. The van der Waals surface area contributed by atoms with Gasteiger partial charge in [-0.05, 0) is 54.9 Å². The summed E-state index contributed by atoms with van der Waals surface area (Å²) in [6.07, 6.45) is 1.00. The maximum Gasteiger partial charge on any atom is 0.200 e. The number of aromatic amines is 1. The van der Waals surface area contributed by atoms with Crippen LogP contribution in [0.1, 0.15) is 45.7 Å². The SMILES string of the molecule is CC.CC.CCc1cccc(-c2n[nH]c(=S)n2-c2cccc(C)c2)c1. The lowest BCUT2D eigenvalue weighted by molar-refractivity contribution is 1.03. The molecule has 3 rings (SSSR count). The van der Waals surface area contributed by atoms with Gasteiger partial charge in [-0.25, -0.2) is 0 Å². The molecule has 0 amide bonds. The standard InChI is InChI=1S/C17H17N3S.2C2H6/c1-3-13-7-5-8-14(11-13)16-18-19-17(21)20(16)15-9-4-6-12(2)10-15;2*1-2/h4-11H,3H2,1-2H3,(H,19,21);2*1-2H3. The number of nitrogens with zero attached hydrogens (tertiary/aromatic N) is 2. The van der Waals surface area contributed by atoms with E-state index in [4.69, 9.17) is 12.2 Å². The van der Waals surface area contributed by atoms with Crippen LogP contribution in [0.5, 0.6) is 0 Å². The number of nitrogens with one attached hydrogen (secondary N) is 1. The van der Waals surface area contributed by atoms with Crippen LogP contribution >= 0.6 is 12.2 Å². The summed E-state index contributed by atoms with van der Waals surface area (Å²) in [4.78, 5) is 0. The zero-order valence-electron chi connectivity index (χ0n) is 16.1. The van der Waals surface area contributed by atoms with Crippen LogP contribution in [0.4, 0.5) is 0 Å². The Bertz CT molecular complexity index is 831. The van der Waals surface area contributed by atoms with Crippen molar-refractivity contribution in [3.8, 4) is 17.1 Å². The molecule has 0 spiro atoms. The summed E-state index contributed by atoms with van der Waals surface area (Å²) < 4.78 is 2.59. The molecular formula is C21H29N3S. The van der Waals surface area contributed by atoms with Gasteiger partial charge in [0.2, 0.25) is 0 Å². The van der Waals surface area contributed by atoms with Gasteiger partial charge in [-0.15, -0.1) is 0 Å². The molecule has 0 aliphatic carbocycles. The van der Waals surface area contributed by atoms with Crippen molar-refractivity contribution in [3.05, 3.63) is 64.4 Å². The third-order valence-electron chi connectivity index (χ3n) is 3.53. The van der Waals surface area contributed by atoms with E-state index in [0.29, 0.717) is 4.77 Å². The van der Waals surface area contributed by atoms with Crippen molar-refractivity contribution in [1.29, 1.82) is 0 Å². The van der Waals surface area contributed by atoms with E-state index in [1.165, 1.54) is 11.1 Å². The predicted octanol–water partition coefficient (Wildman–Crippen LogP) is 6.52. The van der Waals surface area contributed by atoms with E-state index in [-0.39, 0.29) is 0 Å². The first-order valence-corrected chi connectivity index (χ1v) is 9.43. The number of aromatic nitrogens is 3. The molecule has 1 N–H and O–H groups in total. The Hall–Kier alpha value is -2.20. The van der Waals surface area contributed by atoms with E-state index >= 15 is 0 Å². The number of hydrogen-bond donors (Lipinski definition) is 1. The summed E-state index contributed by atoms with van der Waals surface area (Å²) >= 11 is 5.40. The summed E-state index contributed by atoms with van der Waals surface area (Å²) in [5, 5.41) is 7.32. The number of aryl methyl sites for hydroxylation is 2. The van der Waals surface area contributed by atoms with Crippen LogP contribution < -0.4 is 0 Å². The second-order valence-electron chi connectivity index (χ2n) is 5.08. The highest BCUT2D eigenvalue weighted by atomic mass is 32.1. The average molecular weight is 356 g/mol. The molecule has 0 bridgehead atoms. The fourth-order valence-electron chi connectivity index (χ4n) is 2.43. The third-order valence-corrected chi connectivity index (χ3v) is 3.80. The van der Waals surface area contributed by atoms with Crippen molar-refractivity contribution >= 4 is 12.2 Å². The summed E-state index contributed by atoms with van der Waals surface area (Å²) in [5.74, 6) is 0.848. The molecule has 0 radical (unpaired) electrons. The summed E-state index contributed by atoms with van der Waals surface area (Å²) in [6, 6.07) is 16.7. The summed E-state index contributed by atoms with van der Waals surface area (Å²) in [7, 11) is 0. The van der Waals surface area contributed by atoms with E-state index in [1.807, 2.05) is 44.4 Å². The highest BCUT2D eigenvalue weighted by Crippen LogP contribution is 2.23. The monoisotopic (exact) mass is 355 g/mol. The van der Waals surface area contributed by atoms with Gasteiger partial charge in [0.1, 0.15) is 0 Å². The molecule has 25 heavy (non-hydrogen) atoms. The molecular weight excluding hydrogens is 326 g/mol. The van der Waals surface area contributed by atoms with Crippen molar-refractivity contribution in [2.75, 3.05) is 0 Å². The zero-order valence-corrected chi connectivity index (χ0v) is 16.9. The molecule has 1 heterocycles. The van der Waals surface area contributed by atoms with Crippen molar-refractivity contribution < 1.29 is 0 Å². The van der Waals surface area contributed by atoms with Gasteiger partial charge in [-0.1, -0.05) is 65.0 Å². The van der Waals surface area contributed by atoms with E-state index in [2.05, 4.69) is 60.4 Å². The van der Waals surface area contributed by atoms with Gasteiger partial charge in [0, 0.05) is 5.56 Å². The lowest BCUT2D eigenvalue weighted by Gasteiger charge is -2.08. The normalized spacial score (nSPS) is 9.52. The van der Waals surface area contributed by atoms with E-state index < -0.39 is 0 Å². The Morgan fingerprint density at radius 2 is 1.68 bits per heavy atom. The fourth-order valence-corrected chi connectivity index (χ4v) is 2.67. The van der Waals surface area contributed by atoms with Crippen molar-refractivity contribution in [3.63, 3.8) is 0 Å². The molecule has 2 aromatic carbocycles. The molecule has 0 saturated carbocycles. The van der Waals surface area contributed by atoms with E-state index in [0.717, 1.165) is 23.5 Å². The first-order valence-electron chi connectivity index (χ1n) is 9.03. The maximum absolute atomic E-state index is 5.40. The Labute approximate surface area is 156 Å². The number of H-pyrrole nitrogens is 1. The second kappa shape index (κ2) is 10.6. The molecule has 1 aromatic heterocycles.